The van der Waals surface area contributed by atoms with Crippen LogP contribution in [-0.4, -0.2) is 19.1 Å². The Labute approximate surface area is 100 Å². The molecule has 0 heterocycles. The number of rotatable bonds is 2. The molecule has 0 aromatic heterocycles. The van der Waals surface area contributed by atoms with E-state index in [9.17, 15) is 8.78 Å². The highest BCUT2D eigenvalue weighted by atomic mass is 19.1. The van der Waals surface area contributed by atoms with Crippen LogP contribution in [0.25, 0.3) is 0 Å². The van der Waals surface area contributed by atoms with E-state index in [4.69, 9.17) is 5.73 Å². The van der Waals surface area contributed by atoms with Crippen molar-refractivity contribution in [2.75, 3.05) is 11.9 Å². The Morgan fingerprint density at radius 1 is 1.18 bits per heavy atom. The summed E-state index contributed by atoms with van der Waals surface area (Å²) >= 11 is 0. The van der Waals surface area contributed by atoms with Crippen molar-refractivity contribution in [3.8, 4) is 0 Å². The van der Waals surface area contributed by atoms with Crippen LogP contribution in [-0.2, 0) is 0 Å². The van der Waals surface area contributed by atoms with Crippen molar-refractivity contribution in [1.82, 2.24) is 0 Å². The molecule has 0 bridgehead atoms. The molecule has 0 amide bonds. The van der Waals surface area contributed by atoms with Crippen LogP contribution in [0.15, 0.2) is 18.2 Å². The summed E-state index contributed by atoms with van der Waals surface area (Å²) in [6, 6.07) is 4.30. The Hall–Kier alpha value is -1.16. The van der Waals surface area contributed by atoms with Crippen LogP contribution in [0.4, 0.5) is 14.5 Å². The number of halogens is 2. The monoisotopic (exact) mass is 240 g/mol. The van der Waals surface area contributed by atoms with Crippen molar-refractivity contribution in [2.24, 2.45) is 5.73 Å². The van der Waals surface area contributed by atoms with E-state index < -0.39 is 11.6 Å². The summed E-state index contributed by atoms with van der Waals surface area (Å²) in [6.45, 7) is 0. The third-order valence-corrected chi connectivity index (χ3v) is 3.58. The Kier molecular flexibility index (Phi) is 3.62. The van der Waals surface area contributed by atoms with Gasteiger partial charge in [-0.1, -0.05) is 0 Å². The predicted octanol–water partition coefficient (Wildman–Crippen LogP) is 2.67. The Morgan fingerprint density at radius 2 is 1.82 bits per heavy atom. The highest BCUT2D eigenvalue weighted by molar-refractivity contribution is 5.48. The summed E-state index contributed by atoms with van der Waals surface area (Å²) in [5, 5.41) is 0. The van der Waals surface area contributed by atoms with Gasteiger partial charge in [-0.2, -0.15) is 0 Å². The number of hydrogen-bond acceptors (Lipinski definition) is 2. The Morgan fingerprint density at radius 3 is 2.41 bits per heavy atom. The first-order chi connectivity index (χ1) is 8.08. The van der Waals surface area contributed by atoms with Gasteiger partial charge in [-0.15, -0.1) is 0 Å². The Bertz CT molecular complexity index is 387. The molecular weight excluding hydrogens is 222 g/mol. The molecule has 4 heteroatoms. The molecule has 0 atom stereocenters. The molecule has 1 aliphatic carbocycles. The maximum absolute atomic E-state index is 13.6. The molecule has 0 saturated heterocycles. The molecule has 2 rings (SSSR count). The van der Waals surface area contributed by atoms with Crippen LogP contribution in [0.3, 0.4) is 0 Å². The van der Waals surface area contributed by atoms with E-state index in [1.807, 2.05) is 11.9 Å². The zero-order chi connectivity index (χ0) is 12.4. The van der Waals surface area contributed by atoms with Crippen LogP contribution >= 0.6 is 0 Å². The fourth-order valence-electron chi connectivity index (χ4n) is 2.45. The van der Waals surface area contributed by atoms with E-state index >= 15 is 0 Å². The van der Waals surface area contributed by atoms with E-state index in [0.717, 1.165) is 31.7 Å². The van der Waals surface area contributed by atoms with Gasteiger partial charge in [0.05, 0.1) is 5.69 Å². The van der Waals surface area contributed by atoms with E-state index in [2.05, 4.69) is 0 Å². The minimum Gasteiger partial charge on any atom is -0.369 e. The van der Waals surface area contributed by atoms with Gasteiger partial charge in [0, 0.05) is 25.2 Å². The lowest BCUT2D eigenvalue weighted by atomic mass is 9.91. The van der Waals surface area contributed by atoms with Gasteiger partial charge in [0.25, 0.3) is 0 Å². The van der Waals surface area contributed by atoms with Crippen LogP contribution in [0.1, 0.15) is 25.7 Å². The fraction of sp³-hybridized carbons (Fsp3) is 0.538. The quantitative estimate of drug-likeness (QED) is 0.861. The van der Waals surface area contributed by atoms with Crippen molar-refractivity contribution in [1.29, 1.82) is 0 Å². The molecule has 0 aliphatic heterocycles. The molecule has 2 nitrogen and oxygen atoms in total. The maximum atomic E-state index is 13.6. The average molecular weight is 240 g/mol. The van der Waals surface area contributed by atoms with Gasteiger partial charge >= 0.3 is 0 Å². The van der Waals surface area contributed by atoms with Gasteiger partial charge in [-0.3, -0.25) is 0 Å². The summed E-state index contributed by atoms with van der Waals surface area (Å²) in [6.07, 6.45) is 3.87. The molecule has 17 heavy (non-hydrogen) atoms. The summed E-state index contributed by atoms with van der Waals surface area (Å²) in [5.41, 5.74) is 6.31. The van der Waals surface area contributed by atoms with Crippen LogP contribution in [0.5, 0.6) is 0 Å². The lowest BCUT2D eigenvalue weighted by Crippen LogP contribution is -2.39. The van der Waals surface area contributed by atoms with E-state index in [-0.39, 0.29) is 6.04 Å². The highest BCUT2D eigenvalue weighted by Gasteiger charge is 2.23. The minimum atomic E-state index is -0.537. The molecule has 1 aromatic carbocycles. The maximum Gasteiger partial charge on any atom is 0.149 e. The SMILES string of the molecule is CN(c1ccc(F)cc1F)C1CCC(N)CC1. The van der Waals surface area contributed by atoms with Gasteiger partial charge in [0.2, 0.25) is 0 Å². The lowest BCUT2D eigenvalue weighted by molar-refractivity contribution is 0.383. The zero-order valence-electron chi connectivity index (χ0n) is 10.00. The van der Waals surface area contributed by atoms with Crippen molar-refractivity contribution >= 4 is 5.69 Å². The summed E-state index contributed by atoms with van der Waals surface area (Å²) < 4.78 is 26.5. The molecule has 1 aromatic rings. The number of nitrogens with zero attached hydrogens (tertiary/aromatic N) is 1. The third kappa shape index (κ3) is 2.75. The second kappa shape index (κ2) is 5.00. The molecule has 0 radical (unpaired) electrons. The first-order valence-corrected chi connectivity index (χ1v) is 6.01. The number of anilines is 1. The predicted molar refractivity (Wildman–Crippen MR) is 65.0 cm³/mol. The molecular formula is C13H18F2N2. The first kappa shape index (κ1) is 12.3. The second-order valence-electron chi connectivity index (χ2n) is 4.78. The van der Waals surface area contributed by atoms with Crippen LogP contribution in [0, 0.1) is 11.6 Å². The second-order valence-corrected chi connectivity index (χ2v) is 4.78. The standard InChI is InChI=1S/C13H18F2N2/c1-17(11-5-3-10(16)4-6-11)13-7-2-9(14)8-12(13)15/h2,7-8,10-11H,3-6,16H2,1H3. The molecule has 94 valence electrons. The number of nitrogens with two attached hydrogens (primary N) is 1. The average Bonchev–Trinajstić information content (AvgIpc) is 2.29. The summed E-state index contributed by atoms with van der Waals surface area (Å²) in [5.74, 6) is -1.03. The van der Waals surface area contributed by atoms with Crippen molar-refractivity contribution in [3.05, 3.63) is 29.8 Å². The van der Waals surface area contributed by atoms with Gasteiger partial charge in [-0.25, -0.2) is 8.78 Å². The largest absolute Gasteiger partial charge is 0.369 e. The van der Waals surface area contributed by atoms with Crippen LogP contribution in [0.2, 0.25) is 0 Å². The van der Waals surface area contributed by atoms with Crippen LogP contribution < -0.4 is 10.6 Å². The summed E-state index contributed by atoms with van der Waals surface area (Å²) in [7, 11) is 1.86. The third-order valence-electron chi connectivity index (χ3n) is 3.58. The summed E-state index contributed by atoms with van der Waals surface area (Å²) in [4.78, 5) is 1.90. The highest BCUT2D eigenvalue weighted by Crippen LogP contribution is 2.27. The van der Waals surface area contributed by atoms with Gasteiger partial charge in [0.15, 0.2) is 0 Å². The first-order valence-electron chi connectivity index (χ1n) is 6.01. The molecule has 0 unspecified atom stereocenters. The molecule has 2 N–H and O–H groups in total. The molecule has 1 saturated carbocycles. The number of hydrogen-bond donors (Lipinski definition) is 1. The topological polar surface area (TPSA) is 29.3 Å². The van der Waals surface area contributed by atoms with Gasteiger partial charge in [0.1, 0.15) is 11.6 Å². The van der Waals surface area contributed by atoms with Crippen molar-refractivity contribution in [2.45, 2.75) is 37.8 Å². The molecule has 1 fully saturated rings. The molecule has 1 aliphatic rings. The smallest absolute Gasteiger partial charge is 0.149 e. The molecule has 0 spiro atoms. The van der Waals surface area contributed by atoms with Crippen molar-refractivity contribution < 1.29 is 8.78 Å². The minimum absolute atomic E-state index is 0.276. The van der Waals surface area contributed by atoms with E-state index in [1.165, 1.54) is 12.1 Å². The fourth-order valence-corrected chi connectivity index (χ4v) is 2.45. The van der Waals surface area contributed by atoms with Crippen molar-refractivity contribution in [3.63, 3.8) is 0 Å². The normalized spacial score (nSPS) is 24.7. The Balaban J connectivity index is 2.11. The zero-order valence-corrected chi connectivity index (χ0v) is 10.00. The van der Waals surface area contributed by atoms with E-state index in [1.54, 1.807) is 0 Å². The van der Waals surface area contributed by atoms with Gasteiger partial charge in [-0.05, 0) is 37.8 Å². The van der Waals surface area contributed by atoms with E-state index in [0.29, 0.717) is 11.7 Å². The number of benzene rings is 1. The van der Waals surface area contributed by atoms with Gasteiger partial charge < -0.3 is 10.6 Å². The lowest BCUT2D eigenvalue weighted by Gasteiger charge is -2.35.